The highest BCUT2D eigenvalue weighted by molar-refractivity contribution is 4.98. The second-order valence-electron chi connectivity index (χ2n) is 4.65. The van der Waals surface area contributed by atoms with Gasteiger partial charge in [-0.05, 0) is 38.1 Å². The van der Waals surface area contributed by atoms with Crippen LogP contribution in [0, 0.1) is 5.41 Å². The Bertz CT molecular complexity index is 195. The molecule has 0 unspecified atom stereocenters. The van der Waals surface area contributed by atoms with Gasteiger partial charge in [-0.25, -0.2) is 0 Å². The summed E-state index contributed by atoms with van der Waals surface area (Å²) in [5, 5.41) is 3.49. The highest BCUT2D eigenvalue weighted by Crippen LogP contribution is 2.37. The molecule has 1 N–H and O–H groups in total. The van der Waals surface area contributed by atoms with Crippen molar-refractivity contribution in [2.24, 2.45) is 5.41 Å². The van der Waals surface area contributed by atoms with E-state index in [-0.39, 0.29) is 0 Å². The summed E-state index contributed by atoms with van der Waals surface area (Å²) >= 11 is 0. The minimum atomic E-state index is 0.645. The Morgan fingerprint density at radius 2 is 1.59 bits per heavy atom. The van der Waals surface area contributed by atoms with Gasteiger partial charge in [-0.3, -0.25) is 0 Å². The summed E-state index contributed by atoms with van der Waals surface area (Å²) in [4.78, 5) is 2.42. The molecule has 0 radical (unpaired) electrons. The van der Waals surface area contributed by atoms with E-state index in [1.807, 2.05) is 27.7 Å². The van der Waals surface area contributed by atoms with Gasteiger partial charge >= 0.3 is 0 Å². The molecule has 2 saturated heterocycles. The van der Waals surface area contributed by atoms with Crippen molar-refractivity contribution < 1.29 is 0 Å². The van der Waals surface area contributed by atoms with E-state index >= 15 is 0 Å². The van der Waals surface area contributed by atoms with Crippen LogP contribution in [0.3, 0.4) is 0 Å². The lowest BCUT2D eigenvalue weighted by Gasteiger charge is -2.40. The van der Waals surface area contributed by atoms with Gasteiger partial charge in [0.25, 0.3) is 0 Å². The molecule has 2 fully saturated rings. The summed E-state index contributed by atoms with van der Waals surface area (Å²) in [5.74, 6) is 0. The van der Waals surface area contributed by atoms with E-state index in [9.17, 15) is 0 Å². The number of nitrogens with zero attached hydrogens (tertiary/aromatic N) is 1. The van der Waals surface area contributed by atoms with Crippen LogP contribution in [0.1, 0.15) is 53.9 Å². The highest BCUT2D eigenvalue weighted by Gasteiger charge is 2.36. The first-order chi connectivity index (χ1) is 8.22. The largest absolute Gasteiger partial charge is 0.375 e. The molecule has 2 rings (SSSR count). The van der Waals surface area contributed by atoms with Gasteiger partial charge in [0.2, 0.25) is 0 Å². The minimum Gasteiger partial charge on any atom is -0.375 e. The summed E-state index contributed by atoms with van der Waals surface area (Å²) in [6.45, 7) is 19.0. The van der Waals surface area contributed by atoms with Gasteiger partial charge in [0, 0.05) is 25.3 Å². The fraction of sp³-hybridized carbons (Fsp3) is 0.867. The fourth-order valence-electron chi connectivity index (χ4n) is 2.59. The zero-order valence-electron chi connectivity index (χ0n) is 12.6. The second kappa shape index (κ2) is 8.57. The Balaban J connectivity index is 0.000000581. The van der Waals surface area contributed by atoms with Crippen LogP contribution in [0.15, 0.2) is 12.3 Å². The van der Waals surface area contributed by atoms with Crippen LogP contribution in [0.25, 0.3) is 0 Å². The van der Waals surface area contributed by atoms with E-state index in [0.29, 0.717) is 5.41 Å². The van der Waals surface area contributed by atoms with E-state index in [1.165, 1.54) is 51.1 Å². The molecule has 1 spiro atoms. The van der Waals surface area contributed by atoms with Gasteiger partial charge in [0.1, 0.15) is 0 Å². The van der Waals surface area contributed by atoms with Crippen LogP contribution in [-0.2, 0) is 0 Å². The van der Waals surface area contributed by atoms with Crippen molar-refractivity contribution >= 4 is 0 Å². The molecule has 17 heavy (non-hydrogen) atoms. The summed E-state index contributed by atoms with van der Waals surface area (Å²) in [6.07, 6.45) is 4.09. The quantitative estimate of drug-likeness (QED) is 0.752. The molecule has 0 amide bonds. The molecule has 0 aromatic carbocycles. The summed E-state index contributed by atoms with van der Waals surface area (Å²) in [7, 11) is 0. The monoisotopic (exact) mass is 240 g/mol. The lowest BCUT2D eigenvalue weighted by Crippen LogP contribution is -2.40. The van der Waals surface area contributed by atoms with Gasteiger partial charge in [-0.2, -0.15) is 0 Å². The number of likely N-dealkylation sites (tertiary alicyclic amines) is 1. The van der Waals surface area contributed by atoms with Crippen molar-refractivity contribution in [3.63, 3.8) is 0 Å². The Kier molecular flexibility index (Phi) is 8.32. The summed E-state index contributed by atoms with van der Waals surface area (Å²) in [5.41, 5.74) is 1.88. The highest BCUT2D eigenvalue weighted by atomic mass is 15.1. The summed E-state index contributed by atoms with van der Waals surface area (Å²) < 4.78 is 0. The predicted octanol–water partition coefficient (Wildman–Crippen LogP) is 3.65. The van der Waals surface area contributed by atoms with E-state index in [1.54, 1.807) is 0 Å². The minimum absolute atomic E-state index is 0.645. The lowest BCUT2D eigenvalue weighted by molar-refractivity contribution is 0.145. The van der Waals surface area contributed by atoms with Crippen LogP contribution in [0.5, 0.6) is 0 Å². The number of hydrogen-bond acceptors (Lipinski definition) is 2. The van der Waals surface area contributed by atoms with Gasteiger partial charge in [-0.1, -0.05) is 34.3 Å². The van der Waals surface area contributed by atoms with Crippen molar-refractivity contribution in [1.29, 1.82) is 0 Å². The van der Waals surface area contributed by atoms with Crippen molar-refractivity contribution in [2.75, 3.05) is 26.2 Å². The lowest BCUT2D eigenvalue weighted by atomic mass is 9.78. The van der Waals surface area contributed by atoms with Crippen LogP contribution in [0.2, 0.25) is 0 Å². The average Bonchev–Trinajstić information content (AvgIpc) is 2.83. The maximum atomic E-state index is 4.00. The third kappa shape index (κ3) is 4.71. The van der Waals surface area contributed by atoms with E-state index in [4.69, 9.17) is 0 Å². The maximum Gasteiger partial charge on any atom is 0.0180 e. The smallest absolute Gasteiger partial charge is 0.0180 e. The van der Waals surface area contributed by atoms with Gasteiger partial charge < -0.3 is 10.2 Å². The summed E-state index contributed by atoms with van der Waals surface area (Å²) in [6, 6.07) is 0. The molecule has 2 heterocycles. The molecule has 2 heteroatoms. The van der Waals surface area contributed by atoms with Crippen LogP contribution < -0.4 is 5.32 Å². The molecule has 2 aliphatic heterocycles. The number of nitrogens with one attached hydrogen (secondary N) is 1. The molecule has 2 nitrogen and oxygen atoms in total. The average molecular weight is 240 g/mol. The zero-order chi connectivity index (χ0) is 13.3. The Hall–Kier alpha value is -0.500. The molecular weight excluding hydrogens is 208 g/mol. The first kappa shape index (κ1) is 16.5. The maximum absolute atomic E-state index is 4.00. The van der Waals surface area contributed by atoms with E-state index in [2.05, 4.69) is 23.7 Å². The molecule has 0 atom stereocenters. The van der Waals surface area contributed by atoms with Crippen molar-refractivity contribution in [3.05, 3.63) is 12.3 Å². The van der Waals surface area contributed by atoms with Crippen molar-refractivity contribution in [1.82, 2.24) is 10.2 Å². The number of piperidine rings is 1. The van der Waals surface area contributed by atoms with Crippen molar-refractivity contribution in [2.45, 2.75) is 53.9 Å². The molecule has 0 aromatic heterocycles. The van der Waals surface area contributed by atoms with Crippen LogP contribution in [-0.4, -0.2) is 31.1 Å². The molecule has 0 aliphatic carbocycles. The normalized spacial score (nSPS) is 21.1. The van der Waals surface area contributed by atoms with Gasteiger partial charge in [0.15, 0.2) is 0 Å². The molecule has 0 bridgehead atoms. The van der Waals surface area contributed by atoms with Crippen molar-refractivity contribution in [3.8, 4) is 0 Å². The SMILES string of the molecule is C=C(C)N1CCC2(CCNC2)CC1.CC.CC. The second-order valence-corrected chi connectivity index (χ2v) is 4.65. The Labute approximate surface area is 108 Å². The van der Waals surface area contributed by atoms with Crippen LogP contribution in [0.4, 0.5) is 0 Å². The third-order valence-corrected chi connectivity index (χ3v) is 3.70. The standard InChI is InChI=1S/C11H20N2.2C2H6/c1-10(2)13-7-4-11(5-8-13)3-6-12-9-11;2*1-2/h12H,1,3-9H2,2H3;2*1-2H3. The number of allylic oxidation sites excluding steroid dienone is 1. The third-order valence-electron chi connectivity index (χ3n) is 3.70. The molecular formula is C15H32N2. The molecule has 2 aliphatic rings. The fourth-order valence-corrected chi connectivity index (χ4v) is 2.59. The molecule has 102 valence electrons. The first-order valence-electron chi connectivity index (χ1n) is 7.33. The van der Waals surface area contributed by atoms with E-state index in [0.717, 1.165) is 0 Å². The first-order valence-corrected chi connectivity index (χ1v) is 7.33. The topological polar surface area (TPSA) is 15.3 Å². The Morgan fingerprint density at radius 3 is 1.94 bits per heavy atom. The number of rotatable bonds is 1. The molecule has 0 aromatic rings. The van der Waals surface area contributed by atoms with Gasteiger partial charge in [0.05, 0.1) is 0 Å². The number of hydrogen-bond donors (Lipinski definition) is 1. The van der Waals surface area contributed by atoms with Crippen LogP contribution >= 0.6 is 0 Å². The zero-order valence-corrected chi connectivity index (χ0v) is 12.6. The van der Waals surface area contributed by atoms with E-state index < -0.39 is 0 Å². The van der Waals surface area contributed by atoms with Gasteiger partial charge in [-0.15, -0.1) is 0 Å². The Morgan fingerprint density at radius 1 is 1.06 bits per heavy atom. The predicted molar refractivity (Wildman–Crippen MR) is 78.2 cm³/mol. The molecule has 0 saturated carbocycles.